The third-order valence-electron chi connectivity index (χ3n) is 4.71. The normalized spacial score (nSPS) is 19.3. The molecule has 23 heavy (non-hydrogen) atoms. The summed E-state index contributed by atoms with van der Waals surface area (Å²) in [5.74, 6) is 0.629. The van der Waals surface area contributed by atoms with Gasteiger partial charge in [0.05, 0.1) is 17.4 Å². The Morgan fingerprint density at radius 1 is 1.39 bits per heavy atom. The monoisotopic (exact) mass is 314 g/mol. The highest BCUT2D eigenvalue weighted by molar-refractivity contribution is 5.80. The van der Waals surface area contributed by atoms with Crippen LogP contribution < -0.4 is 5.32 Å². The van der Waals surface area contributed by atoms with Gasteiger partial charge >= 0.3 is 0 Å². The SMILES string of the molecule is CC(C)N1CCCC(CNC(=O)Cn2cnc3ccccc32)C1. The zero-order valence-corrected chi connectivity index (χ0v) is 14.0. The quantitative estimate of drug-likeness (QED) is 0.921. The summed E-state index contributed by atoms with van der Waals surface area (Å²) in [4.78, 5) is 19.1. The number of carbonyl (C=O) groups is 1. The molecule has 5 nitrogen and oxygen atoms in total. The lowest BCUT2D eigenvalue weighted by Crippen LogP contribution is -2.44. The van der Waals surface area contributed by atoms with Crippen molar-refractivity contribution in [3.63, 3.8) is 0 Å². The number of hydrogen-bond donors (Lipinski definition) is 1. The van der Waals surface area contributed by atoms with Gasteiger partial charge in [0.1, 0.15) is 6.54 Å². The zero-order chi connectivity index (χ0) is 16.2. The van der Waals surface area contributed by atoms with E-state index in [0.29, 0.717) is 18.5 Å². The minimum absolute atomic E-state index is 0.0647. The van der Waals surface area contributed by atoms with E-state index in [9.17, 15) is 4.79 Å². The Morgan fingerprint density at radius 3 is 3.04 bits per heavy atom. The van der Waals surface area contributed by atoms with Crippen LogP contribution in [-0.4, -0.2) is 46.0 Å². The van der Waals surface area contributed by atoms with Crippen molar-refractivity contribution in [2.24, 2.45) is 5.92 Å². The van der Waals surface area contributed by atoms with Gasteiger partial charge in [-0.15, -0.1) is 0 Å². The number of imidazole rings is 1. The highest BCUT2D eigenvalue weighted by Gasteiger charge is 2.21. The summed E-state index contributed by atoms with van der Waals surface area (Å²) in [6, 6.07) is 8.49. The number of rotatable bonds is 5. The Labute approximate surface area is 137 Å². The van der Waals surface area contributed by atoms with E-state index in [1.54, 1.807) is 6.33 Å². The molecular weight excluding hydrogens is 288 g/mol. The summed E-state index contributed by atoms with van der Waals surface area (Å²) in [6.07, 6.45) is 4.17. The van der Waals surface area contributed by atoms with Gasteiger partial charge in [0, 0.05) is 19.1 Å². The van der Waals surface area contributed by atoms with Crippen molar-refractivity contribution in [2.45, 2.75) is 39.3 Å². The molecule has 0 spiro atoms. The maximum absolute atomic E-state index is 12.2. The molecule has 2 heterocycles. The second-order valence-electron chi connectivity index (χ2n) is 6.76. The molecule has 1 amide bonds. The molecule has 1 aliphatic heterocycles. The molecule has 5 heteroatoms. The second kappa shape index (κ2) is 7.13. The Hall–Kier alpha value is -1.88. The first kappa shape index (κ1) is 16.0. The first-order valence-electron chi connectivity index (χ1n) is 8.54. The number of benzene rings is 1. The summed E-state index contributed by atoms with van der Waals surface area (Å²) in [6.45, 7) is 7.86. The fourth-order valence-corrected chi connectivity index (χ4v) is 3.34. The molecule has 0 bridgehead atoms. The first-order valence-corrected chi connectivity index (χ1v) is 8.54. The van der Waals surface area contributed by atoms with Crippen LogP contribution in [0.15, 0.2) is 30.6 Å². The van der Waals surface area contributed by atoms with Gasteiger partial charge in [0.25, 0.3) is 0 Å². The number of amides is 1. The van der Waals surface area contributed by atoms with Crippen LogP contribution in [0.25, 0.3) is 11.0 Å². The number of hydrogen-bond acceptors (Lipinski definition) is 3. The van der Waals surface area contributed by atoms with Crippen LogP contribution in [0.4, 0.5) is 0 Å². The molecule has 1 atom stereocenters. The second-order valence-corrected chi connectivity index (χ2v) is 6.76. The minimum Gasteiger partial charge on any atom is -0.354 e. The average Bonchev–Trinajstić information content (AvgIpc) is 2.96. The standard InChI is InChI=1S/C18H26N4O/c1-14(2)21-9-5-6-15(11-21)10-19-18(23)12-22-13-20-16-7-3-4-8-17(16)22/h3-4,7-8,13-15H,5-6,9-12H2,1-2H3,(H,19,23). The summed E-state index contributed by atoms with van der Waals surface area (Å²) >= 11 is 0. The van der Waals surface area contributed by atoms with E-state index in [1.165, 1.54) is 19.4 Å². The van der Waals surface area contributed by atoms with Crippen molar-refractivity contribution in [2.75, 3.05) is 19.6 Å². The van der Waals surface area contributed by atoms with Crippen molar-refractivity contribution >= 4 is 16.9 Å². The van der Waals surface area contributed by atoms with E-state index in [0.717, 1.165) is 24.1 Å². The van der Waals surface area contributed by atoms with Crippen LogP contribution >= 0.6 is 0 Å². The number of aromatic nitrogens is 2. The summed E-state index contributed by atoms with van der Waals surface area (Å²) < 4.78 is 1.91. The molecule has 0 aliphatic carbocycles. The molecule has 2 aromatic rings. The van der Waals surface area contributed by atoms with Crippen LogP contribution in [0.2, 0.25) is 0 Å². The van der Waals surface area contributed by atoms with Crippen LogP contribution in [0, 0.1) is 5.92 Å². The van der Waals surface area contributed by atoms with Crippen molar-refractivity contribution in [1.29, 1.82) is 0 Å². The highest BCUT2D eigenvalue weighted by atomic mass is 16.1. The number of piperidine rings is 1. The third kappa shape index (κ3) is 3.91. The number of fused-ring (bicyclic) bond motifs is 1. The molecule has 1 aliphatic rings. The molecule has 1 fully saturated rings. The summed E-state index contributed by atoms with van der Waals surface area (Å²) in [5.41, 5.74) is 1.94. The lowest BCUT2D eigenvalue weighted by molar-refractivity contribution is -0.121. The molecule has 1 aromatic heterocycles. The predicted octanol–water partition coefficient (Wildman–Crippen LogP) is 2.27. The lowest BCUT2D eigenvalue weighted by atomic mass is 9.97. The van der Waals surface area contributed by atoms with Crippen LogP contribution in [0.3, 0.4) is 0 Å². The van der Waals surface area contributed by atoms with Gasteiger partial charge < -0.3 is 14.8 Å². The fourth-order valence-electron chi connectivity index (χ4n) is 3.34. The number of para-hydroxylation sites is 2. The van der Waals surface area contributed by atoms with Gasteiger partial charge in [-0.25, -0.2) is 4.98 Å². The summed E-state index contributed by atoms with van der Waals surface area (Å²) in [5, 5.41) is 3.10. The van der Waals surface area contributed by atoms with Gasteiger partial charge in [0.15, 0.2) is 0 Å². The summed E-state index contributed by atoms with van der Waals surface area (Å²) in [7, 11) is 0. The molecule has 1 N–H and O–H groups in total. The molecule has 0 saturated carbocycles. The molecule has 1 unspecified atom stereocenters. The van der Waals surface area contributed by atoms with Gasteiger partial charge in [-0.2, -0.15) is 0 Å². The first-order chi connectivity index (χ1) is 11.1. The van der Waals surface area contributed by atoms with Crippen LogP contribution in [0.1, 0.15) is 26.7 Å². The molecule has 3 rings (SSSR count). The van der Waals surface area contributed by atoms with Gasteiger partial charge in [-0.1, -0.05) is 12.1 Å². The van der Waals surface area contributed by atoms with Crippen molar-refractivity contribution < 1.29 is 4.79 Å². The van der Waals surface area contributed by atoms with E-state index < -0.39 is 0 Å². The van der Waals surface area contributed by atoms with E-state index in [4.69, 9.17) is 0 Å². The van der Waals surface area contributed by atoms with Crippen LogP contribution in [-0.2, 0) is 11.3 Å². The van der Waals surface area contributed by atoms with Crippen molar-refractivity contribution in [3.8, 4) is 0 Å². The van der Waals surface area contributed by atoms with E-state index in [2.05, 4.69) is 29.0 Å². The fraction of sp³-hybridized carbons (Fsp3) is 0.556. The Bertz CT molecular complexity index is 664. The number of likely N-dealkylation sites (tertiary alicyclic amines) is 1. The zero-order valence-electron chi connectivity index (χ0n) is 14.0. The van der Waals surface area contributed by atoms with Crippen LogP contribution in [0.5, 0.6) is 0 Å². The molecule has 124 valence electrons. The topological polar surface area (TPSA) is 50.2 Å². The third-order valence-corrected chi connectivity index (χ3v) is 4.71. The number of nitrogens with one attached hydrogen (secondary N) is 1. The Kier molecular flexibility index (Phi) is 4.96. The van der Waals surface area contributed by atoms with Gasteiger partial charge in [-0.3, -0.25) is 4.79 Å². The molecular formula is C18H26N4O. The molecule has 0 radical (unpaired) electrons. The van der Waals surface area contributed by atoms with Gasteiger partial charge in [-0.05, 0) is 51.3 Å². The Balaban J connectivity index is 1.52. The average molecular weight is 314 g/mol. The van der Waals surface area contributed by atoms with Crippen molar-refractivity contribution in [3.05, 3.63) is 30.6 Å². The van der Waals surface area contributed by atoms with E-state index >= 15 is 0 Å². The lowest BCUT2D eigenvalue weighted by Gasteiger charge is -2.35. The highest BCUT2D eigenvalue weighted by Crippen LogP contribution is 2.17. The predicted molar refractivity (Wildman–Crippen MR) is 92.2 cm³/mol. The largest absolute Gasteiger partial charge is 0.354 e. The smallest absolute Gasteiger partial charge is 0.240 e. The molecule has 1 aromatic carbocycles. The Morgan fingerprint density at radius 2 is 2.22 bits per heavy atom. The van der Waals surface area contributed by atoms with E-state index in [1.807, 2.05) is 28.8 Å². The van der Waals surface area contributed by atoms with Crippen molar-refractivity contribution in [1.82, 2.24) is 19.8 Å². The minimum atomic E-state index is 0.0647. The maximum Gasteiger partial charge on any atom is 0.240 e. The van der Waals surface area contributed by atoms with Gasteiger partial charge in [0.2, 0.25) is 5.91 Å². The molecule has 1 saturated heterocycles. The number of carbonyl (C=O) groups excluding carboxylic acids is 1. The van der Waals surface area contributed by atoms with E-state index in [-0.39, 0.29) is 5.91 Å². The number of nitrogens with zero attached hydrogens (tertiary/aromatic N) is 3. The maximum atomic E-state index is 12.2.